The van der Waals surface area contributed by atoms with Gasteiger partial charge in [0.2, 0.25) is 0 Å². The van der Waals surface area contributed by atoms with Crippen molar-refractivity contribution >= 4 is 17.3 Å². The molecule has 0 saturated heterocycles. The summed E-state index contributed by atoms with van der Waals surface area (Å²) < 4.78 is 13.4. The van der Waals surface area contributed by atoms with E-state index in [2.05, 4.69) is 0 Å². The van der Waals surface area contributed by atoms with Gasteiger partial charge in [0.25, 0.3) is 0 Å². The fraction of sp³-hybridized carbons (Fsp3) is 0.0833. The van der Waals surface area contributed by atoms with Crippen LogP contribution >= 0.6 is 11.3 Å². The number of thiophene rings is 1. The molecule has 0 atom stereocenters. The van der Waals surface area contributed by atoms with Crippen LogP contribution in [0.2, 0.25) is 0 Å². The number of benzene rings is 1. The molecule has 0 radical (unpaired) electrons. The number of aromatic carboxylic acids is 1. The third kappa shape index (κ3) is 1.84. The molecule has 0 spiro atoms. The van der Waals surface area contributed by atoms with E-state index in [4.69, 9.17) is 5.11 Å². The zero-order chi connectivity index (χ0) is 11.7. The van der Waals surface area contributed by atoms with Crippen LogP contribution in [0.4, 0.5) is 4.39 Å². The van der Waals surface area contributed by atoms with E-state index in [0.29, 0.717) is 5.56 Å². The van der Waals surface area contributed by atoms with Crippen LogP contribution in [-0.4, -0.2) is 11.1 Å². The Balaban J connectivity index is 2.50. The van der Waals surface area contributed by atoms with E-state index in [1.165, 1.54) is 12.1 Å². The van der Waals surface area contributed by atoms with E-state index in [0.717, 1.165) is 10.4 Å². The second-order valence-electron chi connectivity index (χ2n) is 3.39. The van der Waals surface area contributed by atoms with Crippen molar-refractivity contribution in [2.24, 2.45) is 0 Å². The Morgan fingerprint density at radius 2 is 2.12 bits per heavy atom. The first-order chi connectivity index (χ1) is 7.59. The van der Waals surface area contributed by atoms with E-state index in [9.17, 15) is 9.18 Å². The molecule has 2 aromatic rings. The molecule has 0 aliphatic carbocycles. The van der Waals surface area contributed by atoms with Crippen LogP contribution < -0.4 is 0 Å². The minimum absolute atomic E-state index is 0.295. The Morgan fingerprint density at radius 1 is 1.38 bits per heavy atom. The molecule has 4 heteroatoms. The highest BCUT2D eigenvalue weighted by Crippen LogP contribution is 2.28. The summed E-state index contributed by atoms with van der Waals surface area (Å²) in [5.74, 6) is -1.94. The van der Waals surface area contributed by atoms with Crippen molar-refractivity contribution in [2.75, 3.05) is 0 Å². The lowest BCUT2D eigenvalue weighted by atomic mass is 10.0. The number of hydrogen-bond donors (Lipinski definition) is 1. The second-order valence-corrected chi connectivity index (χ2v) is 4.51. The molecule has 1 heterocycles. The Labute approximate surface area is 96.0 Å². The number of halogens is 1. The number of rotatable bonds is 2. The number of carboxylic acids is 1. The molecule has 0 unspecified atom stereocenters. The van der Waals surface area contributed by atoms with Gasteiger partial charge in [-0.05, 0) is 41.6 Å². The molecule has 0 fully saturated rings. The third-order valence-corrected chi connectivity index (χ3v) is 3.21. The monoisotopic (exact) mass is 236 g/mol. The Hall–Kier alpha value is -1.68. The van der Waals surface area contributed by atoms with Gasteiger partial charge in [-0.25, -0.2) is 9.18 Å². The fourth-order valence-electron chi connectivity index (χ4n) is 1.54. The van der Waals surface area contributed by atoms with Gasteiger partial charge in [0.15, 0.2) is 0 Å². The number of carboxylic acid groups (broad SMARTS) is 1. The minimum atomic E-state index is -1.24. The molecule has 0 bridgehead atoms. The molecule has 0 saturated carbocycles. The standard InChI is InChI=1S/C12H9FO2S/c1-7-9(4-5-16-7)8-2-3-10(12(14)15)11(13)6-8/h2-6H,1H3,(H,14,15). The molecule has 16 heavy (non-hydrogen) atoms. The number of aryl methyl sites for hydroxylation is 1. The molecule has 0 aliphatic rings. The van der Waals surface area contributed by atoms with Crippen LogP contribution in [0.25, 0.3) is 11.1 Å². The largest absolute Gasteiger partial charge is 0.478 e. The lowest BCUT2D eigenvalue weighted by molar-refractivity contribution is 0.0692. The normalized spacial score (nSPS) is 10.4. The summed E-state index contributed by atoms with van der Waals surface area (Å²) in [6, 6.07) is 6.08. The van der Waals surface area contributed by atoms with Crippen LogP contribution in [0, 0.1) is 12.7 Å². The van der Waals surface area contributed by atoms with Crippen LogP contribution in [0.15, 0.2) is 29.6 Å². The van der Waals surface area contributed by atoms with E-state index in [1.54, 1.807) is 17.4 Å². The second kappa shape index (κ2) is 4.06. The van der Waals surface area contributed by atoms with Crippen molar-refractivity contribution in [1.82, 2.24) is 0 Å². The topological polar surface area (TPSA) is 37.3 Å². The zero-order valence-electron chi connectivity index (χ0n) is 8.53. The van der Waals surface area contributed by atoms with Crippen LogP contribution in [0.3, 0.4) is 0 Å². The third-order valence-electron chi connectivity index (χ3n) is 2.37. The zero-order valence-corrected chi connectivity index (χ0v) is 9.34. The first-order valence-electron chi connectivity index (χ1n) is 4.67. The van der Waals surface area contributed by atoms with Gasteiger partial charge < -0.3 is 5.11 Å². The lowest BCUT2D eigenvalue weighted by Crippen LogP contribution is -2.00. The smallest absolute Gasteiger partial charge is 0.338 e. The molecular formula is C12H9FO2S. The maximum absolute atomic E-state index is 13.4. The van der Waals surface area contributed by atoms with Crippen molar-refractivity contribution in [3.63, 3.8) is 0 Å². The van der Waals surface area contributed by atoms with Crippen molar-refractivity contribution in [1.29, 1.82) is 0 Å². The molecule has 82 valence electrons. The Morgan fingerprint density at radius 3 is 2.62 bits per heavy atom. The van der Waals surface area contributed by atoms with Crippen molar-refractivity contribution in [3.8, 4) is 11.1 Å². The quantitative estimate of drug-likeness (QED) is 0.865. The summed E-state index contributed by atoms with van der Waals surface area (Å²) in [6.45, 7) is 1.95. The summed E-state index contributed by atoms with van der Waals surface area (Å²) in [4.78, 5) is 11.7. The Kier molecular flexibility index (Phi) is 2.75. The molecule has 0 amide bonds. The first-order valence-corrected chi connectivity index (χ1v) is 5.55. The van der Waals surface area contributed by atoms with E-state index in [-0.39, 0.29) is 5.56 Å². The van der Waals surface area contributed by atoms with Gasteiger partial charge in [-0.15, -0.1) is 11.3 Å². The van der Waals surface area contributed by atoms with Gasteiger partial charge in [-0.1, -0.05) is 6.07 Å². The highest BCUT2D eigenvalue weighted by molar-refractivity contribution is 7.10. The van der Waals surface area contributed by atoms with Gasteiger partial charge in [0, 0.05) is 4.88 Å². The SMILES string of the molecule is Cc1sccc1-c1ccc(C(=O)O)c(F)c1. The van der Waals surface area contributed by atoms with Crippen LogP contribution in [0.1, 0.15) is 15.2 Å². The molecule has 2 rings (SSSR count). The molecular weight excluding hydrogens is 227 g/mol. The molecule has 2 nitrogen and oxygen atoms in total. The molecule has 1 aromatic heterocycles. The highest BCUT2D eigenvalue weighted by Gasteiger charge is 2.12. The van der Waals surface area contributed by atoms with Crippen molar-refractivity contribution in [3.05, 3.63) is 45.9 Å². The van der Waals surface area contributed by atoms with Gasteiger partial charge in [0.05, 0.1) is 5.56 Å². The summed E-state index contributed by atoms with van der Waals surface area (Å²) in [5.41, 5.74) is 1.36. The van der Waals surface area contributed by atoms with Crippen LogP contribution in [-0.2, 0) is 0 Å². The summed E-state index contributed by atoms with van der Waals surface area (Å²) in [5, 5.41) is 10.6. The fourth-order valence-corrected chi connectivity index (χ4v) is 2.26. The predicted molar refractivity (Wildman–Crippen MR) is 61.4 cm³/mol. The van der Waals surface area contributed by atoms with Gasteiger partial charge in [-0.2, -0.15) is 0 Å². The predicted octanol–water partition coefficient (Wildman–Crippen LogP) is 3.56. The summed E-state index contributed by atoms with van der Waals surface area (Å²) in [6.07, 6.45) is 0. The molecule has 0 aliphatic heterocycles. The van der Waals surface area contributed by atoms with E-state index < -0.39 is 11.8 Å². The minimum Gasteiger partial charge on any atom is -0.478 e. The lowest BCUT2D eigenvalue weighted by Gasteiger charge is -2.02. The number of hydrogen-bond acceptors (Lipinski definition) is 2. The van der Waals surface area contributed by atoms with Crippen molar-refractivity contribution < 1.29 is 14.3 Å². The Bertz CT molecular complexity index is 546. The van der Waals surface area contributed by atoms with Gasteiger partial charge >= 0.3 is 5.97 Å². The molecule has 1 aromatic carbocycles. The van der Waals surface area contributed by atoms with Crippen LogP contribution in [0.5, 0.6) is 0 Å². The van der Waals surface area contributed by atoms with Crippen molar-refractivity contribution in [2.45, 2.75) is 6.92 Å². The van der Waals surface area contributed by atoms with E-state index >= 15 is 0 Å². The van der Waals surface area contributed by atoms with E-state index in [1.807, 2.05) is 18.4 Å². The summed E-state index contributed by atoms with van der Waals surface area (Å²) >= 11 is 1.58. The van der Waals surface area contributed by atoms with Gasteiger partial charge in [0.1, 0.15) is 5.82 Å². The molecule has 1 N–H and O–H groups in total. The first kappa shape index (κ1) is 10.8. The maximum atomic E-state index is 13.4. The van der Waals surface area contributed by atoms with Gasteiger partial charge in [-0.3, -0.25) is 0 Å². The highest BCUT2D eigenvalue weighted by atomic mass is 32.1. The maximum Gasteiger partial charge on any atom is 0.338 e. The number of carbonyl (C=O) groups is 1. The average Bonchev–Trinajstić information content (AvgIpc) is 2.63. The average molecular weight is 236 g/mol. The summed E-state index contributed by atoms with van der Waals surface area (Å²) in [7, 11) is 0.